The van der Waals surface area contributed by atoms with E-state index >= 15 is 0 Å². The second-order valence-electron chi connectivity index (χ2n) is 2.80. The fourth-order valence-corrected chi connectivity index (χ4v) is 1.19. The maximum absolute atomic E-state index is 5.57. The number of rotatable bonds is 4. The Morgan fingerprint density at radius 3 is 2.75 bits per heavy atom. The molecule has 0 bridgehead atoms. The lowest BCUT2D eigenvalue weighted by Crippen LogP contribution is -2.13. The summed E-state index contributed by atoms with van der Waals surface area (Å²) >= 11 is 0. The molecule has 5 heteroatoms. The summed E-state index contributed by atoms with van der Waals surface area (Å²) in [5.74, 6) is 1.36. The van der Waals surface area contributed by atoms with Crippen molar-refractivity contribution in [3.05, 3.63) is 5.82 Å². The first kappa shape index (κ1) is 8.99. The third-order valence-electron chi connectivity index (χ3n) is 1.83. The highest BCUT2D eigenvalue weighted by molar-refractivity contribution is 5.14. The number of aromatic nitrogens is 3. The highest BCUT2D eigenvalue weighted by Crippen LogP contribution is 2.15. The maximum Gasteiger partial charge on any atom is 0.239 e. The van der Waals surface area contributed by atoms with Crippen LogP contribution in [0.4, 0.5) is 5.95 Å². The van der Waals surface area contributed by atoms with Crippen LogP contribution >= 0.6 is 0 Å². The number of nitrogens with zero attached hydrogens (tertiary/aromatic N) is 2. The van der Waals surface area contributed by atoms with Crippen LogP contribution in [-0.4, -0.2) is 21.7 Å². The second kappa shape index (κ2) is 4.06. The Kier molecular flexibility index (Phi) is 3.04. The molecule has 0 fully saturated rings. The number of nitrogen functional groups attached to an aromatic ring is 1. The molecule has 1 rings (SSSR count). The fraction of sp³-hybridized carbons (Fsp3) is 0.714. The quantitative estimate of drug-likeness (QED) is 0.601. The summed E-state index contributed by atoms with van der Waals surface area (Å²) in [6.45, 7) is 2.70. The van der Waals surface area contributed by atoms with E-state index < -0.39 is 0 Å². The van der Waals surface area contributed by atoms with Gasteiger partial charge in [0.15, 0.2) is 0 Å². The lowest BCUT2D eigenvalue weighted by atomic mass is 10.0. The predicted molar refractivity (Wildman–Crippen MR) is 47.5 cm³/mol. The molecule has 0 spiro atoms. The molecule has 0 aliphatic rings. The van der Waals surface area contributed by atoms with E-state index in [1.54, 1.807) is 0 Å². The normalized spacial score (nSPS) is 13.2. The van der Waals surface area contributed by atoms with Crippen LogP contribution in [0.5, 0.6) is 0 Å². The molecule has 0 saturated heterocycles. The van der Waals surface area contributed by atoms with Crippen molar-refractivity contribution in [1.29, 1.82) is 0 Å². The summed E-state index contributed by atoms with van der Waals surface area (Å²) in [6, 6.07) is 0. The van der Waals surface area contributed by atoms with E-state index in [9.17, 15) is 0 Å². The summed E-state index contributed by atoms with van der Waals surface area (Å²) in [6.07, 6.45) is 2.10. The number of nitrogens with two attached hydrogens (primary N) is 2. The minimum Gasteiger partial charge on any atom is -0.367 e. The molecule has 0 aliphatic heterocycles. The zero-order valence-corrected chi connectivity index (χ0v) is 7.25. The van der Waals surface area contributed by atoms with Gasteiger partial charge in [0.1, 0.15) is 5.82 Å². The van der Waals surface area contributed by atoms with Gasteiger partial charge in [0.25, 0.3) is 0 Å². The molecule has 1 heterocycles. The van der Waals surface area contributed by atoms with Crippen molar-refractivity contribution in [2.75, 3.05) is 12.3 Å². The van der Waals surface area contributed by atoms with Gasteiger partial charge in [-0.3, -0.25) is 5.10 Å². The molecular formula is C7H15N5. The summed E-state index contributed by atoms with van der Waals surface area (Å²) < 4.78 is 0. The van der Waals surface area contributed by atoms with Crippen LogP contribution in [0.1, 0.15) is 31.5 Å². The van der Waals surface area contributed by atoms with Crippen LogP contribution in [-0.2, 0) is 0 Å². The number of anilines is 1. The van der Waals surface area contributed by atoms with Crippen molar-refractivity contribution in [3.63, 3.8) is 0 Å². The van der Waals surface area contributed by atoms with Crippen LogP contribution in [0, 0.1) is 0 Å². The van der Waals surface area contributed by atoms with E-state index in [0.717, 1.165) is 18.7 Å². The SMILES string of the molecule is CCCC(CN)c1nc(N)n[nH]1. The lowest BCUT2D eigenvalue weighted by molar-refractivity contribution is 0.591. The molecule has 12 heavy (non-hydrogen) atoms. The maximum atomic E-state index is 5.57. The Hall–Kier alpha value is -1.10. The lowest BCUT2D eigenvalue weighted by Gasteiger charge is -2.08. The molecule has 1 aromatic rings. The molecule has 5 nitrogen and oxygen atoms in total. The summed E-state index contributed by atoms with van der Waals surface area (Å²) in [7, 11) is 0. The minimum absolute atomic E-state index is 0.264. The number of nitrogens with one attached hydrogen (secondary N) is 1. The van der Waals surface area contributed by atoms with Crippen molar-refractivity contribution in [2.45, 2.75) is 25.7 Å². The van der Waals surface area contributed by atoms with Gasteiger partial charge in [-0.05, 0) is 6.42 Å². The standard InChI is InChI=1S/C7H15N5/c1-2-3-5(4-8)6-10-7(9)12-11-6/h5H,2-4,8H2,1H3,(H3,9,10,11,12). The van der Waals surface area contributed by atoms with E-state index in [4.69, 9.17) is 11.5 Å². The van der Waals surface area contributed by atoms with Gasteiger partial charge < -0.3 is 11.5 Å². The Bertz CT molecular complexity index is 231. The third kappa shape index (κ3) is 1.94. The third-order valence-corrected chi connectivity index (χ3v) is 1.83. The molecule has 0 amide bonds. The van der Waals surface area contributed by atoms with Crippen LogP contribution in [0.3, 0.4) is 0 Å². The number of hydrogen-bond acceptors (Lipinski definition) is 4. The molecule has 0 aliphatic carbocycles. The first-order valence-electron chi connectivity index (χ1n) is 4.15. The molecule has 1 unspecified atom stereocenters. The van der Waals surface area contributed by atoms with Crippen molar-refractivity contribution in [1.82, 2.24) is 15.2 Å². The molecule has 0 aromatic carbocycles. The monoisotopic (exact) mass is 169 g/mol. The summed E-state index contributed by atoms with van der Waals surface area (Å²) in [5.41, 5.74) is 10.9. The predicted octanol–water partition coefficient (Wildman–Crippen LogP) is 0.229. The largest absolute Gasteiger partial charge is 0.367 e. The highest BCUT2D eigenvalue weighted by Gasteiger charge is 2.12. The van der Waals surface area contributed by atoms with Gasteiger partial charge in [0.2, 0.25) is 5.95 Å². The van der Waals surface area contributed by atoms with Crippen LogP contribution < -0.4 is 11.5 Å². The van der Waals surface area contributed by atoms with Gasteiger partial charge in [-0.1, -0.05) is 13.3 Å². The van der Waals surface area contributed by atoms with Gasteiger partial charge in [-0.15, -0.1) is 5.10 Å². The molecule has 0 radical (unpaired) electrons. The summed E-state index contributed by atoms with van der Waals surface area (Å²) in [4.78, 5) is 4.03. The first-order chi connectivity index (χ1) is 5.77. The number of aromatic amines is 1. The highest BCUT2D eigenvalue weighted by atomic mass is 15.3. The molecule has 68 valence electrons. The van der Waals surface area contributed by atoms with Gasteiger partial charge in [-0.25, -0.2) is 0 Å². The Morgan fingerprint density at radius 1 is 1.58 bits per heavy atom. The average molecular weight is 169 g/mol. The van der Waals surface area contributed by atoms with Crippen molar-refractivity contribution >= 4 is 5.95 Å². The first-order valence-corrected chi connectivity index (χ1v) is 4.15. The topological polar surface area (TPSA) is 93.6 Å². The Labute approximate surface area is 71.6 Å². The Morgan fingerprint density at radius 2 is 2.33 bits per heavy atom. The molecular weight excluding hydrogens is 154 g/mol. The fourth-order valence-electron chi connectivity index (χ4n) is 1.19. The van der Waals surface area contributed by atoms with Crippen molar-refractivity contribution in [3.8, 4) is 0 Å². The van der Waals surface area contributed by atoms with Crippen molar-refractivity contribution in [2.24, 2.45) is 5.73 Å². The molecule has 5 N–H and O–H groups in total. The number of hydrogen-bond donors (Lipinski definition) is 3. The van der Waals surface area contributed by atoms with Crippen molar-refractivity contribution < 1.29 is 0 Å². The van der Waals surface area contributed by atoms with E-state index in [1.807, 2.05) is 0 Å². The van der Waals surface area contributed by atoms with Crippen LogP contribution in [0.15, 0.2) is 0 Å². The van der Waals surface area contributed by atoms with Gasteiger partial charge >= 0.3 is 0 Å². The zero-order valence-electron chi connectivity index (χ0n) is 7.25. The minimum atomic E-state index is 0.264. The molecule has 1 atom stereocenters. The average Bonchev–Trinajstić information content (AvgIpc) is 2.47. The van der Waals surface area contributed by atoms with Crippen LogP contribution in [0.25, 0.3) is 0 Å². The van der Waals surface area contributed by atoms with Gasteiger partial charge in [0, 0.05) is 12.5 Å². The van der Waals surface area contributed by atoms with Gasteiger partial charge in [0.05, 0.1) is 0 Å². The van der Waals surface area contributed by atoms with E-state index in [0.29, 0.717) is 12.5 Å². The molecule has 1 aromatic heterocycles. The molecule has 0 saturated carbocycles. The van der Waals surface area contributed by atoms with E-state index in [2.05, 4.69) is 22.1 Å². The number of H-pyrrole nitrogens is 1. The second-order valence-corrected chi connectivity index (χ2v) is 2.80. The zero-order chi connectivity index (χ0) is 8.97. The van der Waals surface area contributed by atoms with E-state index in [-0.39, 0.29) is 5.92 Å². The van der Waals surface area contributed by atoms with E-state index in [1.165, 1.54) is 0 Å². The Balaban J connectivity index is 2.66. The van der Waals surface area contributed by atoms with Crippen LogP contribution in [0.2, 0.25) is 0 Å². The summed E-state index contributed by atoms with van der Waals surface area (Å²) in [5, 5.41) is 6.53. The van der Waals surface area contributed by atoms with Gasteiger partial charge in [-0.2, -0.15) is 4.98 Å². The smallest absolute Gasteiger partial charge is 0.239 e.